The highest BCUT2D eigenvalue weighted by atomic mass is 19.1. The minimum atomic E-state index is -1.21. The van der Waals surface area contributed by atoms with Crippen LogP contribution in [0.1, 0.15) is 66.1 Å². The molecule has 1 fully saturated rings. The first-order chi connectivity index (χ1) is 16.8. The molecule has 0 saturated carbocycles. The fourth-order valence-electron chi connectivity index (χ4n) is 4.58. The van der Waals surface area contributed by atoms with Crippen LogP contribution < -0.4 is 10.1 Å². The fraction of sp³-hybridized carbons (Fsp3) is 0.577. The van der Waals surface area contributed by atoms with Gasteiger partial charge in [0.1, 0.15) is 19.0 Å². The van der Waals surface area contributed by atoms with Crippen molar-refractivity contribution in [3.05, 3.63) is 33.9 Å². The second kappa shape index (κ2) is 12.7. The number of nitrogens with zero attached hydrogens (tertiary/aromatic N) is 1. The number of esters is 2. The first-order valence-corrected chi connectivity index (χ1v) is 12.1. The Bertz CT molecular complexity index is 985. The Labute approximate surface area is 205 Å². The Morgan fingerprint density at radius 1 is 1.20 bits per heavy atom. The van der Waals surface area contributed by atoms with E-state index in [0.29, 0.717) is 36.3 Å². The Balaban J connectivity index is 1.66. The van der Waals surface area contributed by atoms with Gasteiger partial charge < -0.3 is 19.5 Å². The molecule has 2 aliphatic heterocycles. The van der Waals surface area contributed by atoms with Crippen LogP contribution >= 0.6 is 0 Å². The Morgan fingerprint density at radius 2 is 1.94 bits per heavy atom. The zero-order valence-electron chi connectivity index (χ0n) is 20.8. The van der Waals surface area contributed by atoms with E-state index in [1.54, 1.807) is 0 Å². The summed E-state index contributed by atoms with van der Waals surface area (Å²) in [6.07, 6.45) is 6.69. The molecule has 192 valence electrons. The van der Waals surface area contributed by atoms with Crippen molar-refractivity contribution in [2.45, 2.75) is 59.0 Å². The van der Waals surface area contributed by atoms with Crippen LogP contribution in [-0.4, -0.2) is 62.8 Å². The van der Waals surface area contributed by atoms with Crippen molar-refractivity contribution in [3.63, 3.8) is 0 Å². The Morgan fingerprint density at radius 3 is 2.63 bits per heavy atom. The van der Waals surface area contributed by atoms with Crippen LogP contribution in [0.25, 0.3) is 0 Å². The summed E-state index contributed by atoms with van der Waals surface area (Å²) in [5, 5.41) is 2.51. The third-order valence-electron chi connectivity index (χ3n) is 6.56. The molecule has 1 aromatic carbocycles. The Hall–Kier alpha value is -2.94. The lowest BCUT2D eigenvalue weighted by Crippen LogP contribution is -2.33. The zero-order chi connectivity index (χ0) is 25.4. The molecule has 0 unspecified atom stereocenters. The molecule has 8 nitrogen and oxygen atoms in total. The number of nitrogens with one attached hydrogen (secondary N) is 1. The van der Waals surface area contributed by atoms with Gasteiger partial charge in [-0.2, -0.15) is 0 Å². The largest absolute Gasteiger partial charge is 0.496 e. The van der Waals surface area contributed by atoms with E-state index in [0.717, 1.165) is 30.8 Å². The molecule has 1 aromatic rings. The Kier molecular flexibility index (Phi) is 9.65. The van der Waals surface area contributed by atoms with Crippen molar-refractivity contribution in [3.8, 4) is 5.75 Å². The lowest BCUT2D eigenvalue weighted by molar-refractivity contribution is -0.144. The molecule has 1 amide bonds. The predicted octanol–water partition coefficient (Wildman–Crippen LogP) is 3.88. The smallest absolute Gasteiger partial charge is 0.341 e. The molecule has 1 N–H and O–H groups in total. The zero-order valence-corrected chi connectivity index (χ0v) is 20.8. The van der Waals surface area contributed by atoms with Crippen LogP contribution in [0.5, 0.6) is 5.75 Å². The number of carbonyl (C=O) groups is 3. The van der Waals surface area contributed by atoms with Gasteiger partial charge in [-0.15, -0.1) is 0 Å². The number of hydrogen-bond acceptors (Lipinski definition) is 7. The van der Waals surface area contributed by atoms with E-state index in [1.807, 2.05) is 19.9 Å². The first-order valence-electron chi connectivity index (χ1n) is 12.1. The highest BCUT2D eigenvalue weighted by molar-refractivity contribution is 6.06. The van der Waals surface area contributed by atoms with Crippen molar-refractivity contribution < 1.29 is 33.0 Å². The SMILES string of the molecule is COc1c(C)c2c(c(NC(=O)CF)c1CC=C(C)CCC(=O)OCCN1CCCCC1)C(=O)OC2. The summed E-state index contributed by atoms with van der Waals surface area (Å²) in [6.45, 7) is 5.89. The monoisotopic (exact) mass is 490 g/mol. The van der Waals surface area contributed by atoms with Crippen molar-refractivity contribution in [1.82, 2.24) is 4.90 Å². The number of rotatable bonds is 11. The van der Waals surface area contributed by atoms with Gasteiger partial charge in [-0.3, -0.25) is 14.5 Å². The minimum absolute atomic E-state index is 0.0733. The van der Waals surface area contributed by atoms with E-state index in [1.165, 1.54) is 26.4 Å². The molecule has 1 saturated heterocycles. The lowest BCUT2D eigenvalue weighted by atomic mass is 9.93. The molecular formula is C26H35FN2O6. The normalized spacial score (nSPS) is 16.0. The van der Waals surface area contributed by atoms with E-state index >= 15 is 0 Å². The number of methoxy groups -OCH3 is 1. The fourth-order valence-corrected chi connectivity index (χ4v) is 4.58. The van der Waals surface area contributed by atoms with Gasteiger partial charge in [0.15, 0.2) is 6.67 Å². The number of fused-ring (bicyclic) bond motifs is 1. The molecule has 2 heterocycles. The van der Waals surface area contributed by atoms with Gasteiger partial charge in [0.25, 0.3) is 5.91 Å². The van der Waals surface area contributed by atoms with E-state index in [2.05, 4.69) is 10.2 Å². The van der Waals surface area contributed by atoms with Crippen molar-refractivity contribution in [2.24, 2.45) is 0 Å². The van der Waals surface area contributed by atoms with Crippen LogP contribution in [0.3, 0.4) is 0 Å². The molecule has 0 radical (unpaired) electrons. The molecule has 0 spiro atoms. The maximum absolute atomic E-state index is 13.0. The topological polar surface area (TPSA) is 94.2 Å². The number of cyclic esters (lactones) is 1. The summed E-state index contributed by atoms with van der Waals surface area (Å²) in [6, 6.07) is 0. The molecular weight excluding hydrogens is 455 g/mol. The summed E-state index contributed by atoms with van der Waals surface area (Å²) < 4.78 is 29.1. The van der Waals surface area contributed by atoms with Crippen LogP contribution in [0.15, 0.2) is 11.6 Å². The second-order valence-electron chi connectivity index (χ2n) is 9.00. The lowest BCUT2D eigenvalue weighted by Gasteiger charge is -2.25. The van der Waals surface area contributed by atoms with Gasteiger partial charge in [0.05, 0.1) is 18.4 Å². The number of allylic oxidation sites excluding steroid dienone is 2. The first kappa shape index (κ1) is 26.7. The van der Waals surface area contributed by atoms with Crippen LogP contribution in [0, 0.1) is 6.92 Å². The summed E-state index contributed by atoms with van der Waals surface area (Å²) in [5.41, 5.74) is 3.33. The second-order valence-corrected chi connectivity index (χ2v) is 9.00. The molecule has 0 aliphatic carbocycles. The van der Waals surface area contributed by atoms with E-state index in [9.17, 15) is 18.8 Å². The molecule has 3 rings (SSSR count). The van der Waals surface area contributed by atoms with Crippen molar-refractivity contribution in [2.75, 3.05) is 45.3 Å². The van der Waals surface area contributed by atoms with Crippen LogP contribution in [-0.2, 0) is 32.1 Å². The number of anilines is 1. The third kappa shape index (κ3) is 6.81. The third-order valence-corrected chi connectivity index (χ3v) is 6.56. The van der Waals surface area contributed by atoms with Crippen molar-refractivity contribution >= 4 is 23.5 Å². The number of benzene rings is 1. The average Bonchev–Trinajstić information content (AvgIpc) is 3.25. The summed E-state index contributed by atoms with van der Waals surface area (Å²) in [5.74, 6) is -1.14. The summed E-state index contributed by atoms with van der Waals surface area (Å²) >= 11 is 0. The summed E-state index contributed by atoms with van der Waals surface area (Å²) in [7, 11) is 1.51. The molecule has 2 aliphatic rings. The number of likely N-dealkylation sites (tertiary alicyclic amines) is 1. The minimum Gasteiger partial charge on any atom is -0.496 e. The standard InChI is InChI=1S/C26H35FN2O6/c1-17(8-10-22(31)34-14-13-29-11-5-4-6-12-29)7-9-19-24(28-21(30)15-27)23-20(16-35-26(23)32)18(2)25(19)33-3/h7H,4-6,8-16H2,1-3H3,(H,28,30). The van der Waals surface area contributed by atoms with Crippen molar-refractivity contribution in [1.29, 1.82) is 0 Å². The summed E-state index contributed by atoms with van der Waals surface area (Å²) in [4.78, 5) is 38.7. The number of ether oxygens (including phenoxy) is 3. The van der Waals surface area contributed by atoms with Gasteiger partial charge in [-0.1, -0.05) is 18.1 Å². The quantitative estimate of drug-likeness (QED) is 0.372. The average molecular weight is 491 g/mol. The maximum Gasteiger partial charge on any atom is 0.341 e. The molecule has 35 heavy (non-hydrogen) atoms. The van der Waals surface area contributed by atoms with Gasteiger partial charge in [0, 0.05) is 24.1 Å². The number of amides is 1. The van der Waals surface area contributed by atoms with Gasteiger partial charge >= 0.3 is 11.9 Å². The molecule has 0 bridgehead atoms. The highest BCUT2D eigenvalue weighted by Crippen LogP contribution is 2.41. The van der Waals surface area contributed by atoms with Gasteiger partial charge in [-0.05, 0) is 58.2 Å². The number of piperidine rings is 1. The van der Waals surface area contributed by atoms with Gasteiger partial charge in [0.2, 0.25) is 0 Å². The van der Waals surface area contributed by atoms with Gasteiger partial charge in [-0.25, -0.2) is 9.18 Å². The molecule has 0 aromatic heterocycles. The number of halogens is 1. The maximum atomic E-state index is 13.0. The van der Waals surface area contributed by atoms with E-state index in [4.69, 9.17) is 14.2 Å². The van der Waals surface area contributed by atoms with E-state index in [-0.39, 0.29) is 30.2 Å². The number of hydrogen-bond donors (Lipinski definition) is 1. The highest BCUT2D eigenvalue weighted by Gasteiger charge is 2.32. The molecule has 9 heteroatoms. The molecule has 0 atom stereocenters. The van der Waals surface area contributed by atoms with Crippen LogP contribution in [0.2, 0.25) is 0 Å². The number of carbonyl (C=O) groups excluding carboxylic acids is 3. The predicted molar refractivity (Wildman–Crippen MR) is 129 cm³/mol. The van der Waals surface area contributed by atoms with E-state index < -0.39 is 18.6 Å². The van der Waals surface area contributed by atoms with Crippen LogP contribution in [0.4, 0.5) is 10.1 Å². The number of alkyl halides is 1.